The molecule has 5 heterocycles. The van der Waals surface area contributed by atoms with Crippen molar-refractivity contribution in [1.82, 2.24) is 10.6 Å². The lowest BCUT2D eigenvalue weighted by Gasteiger charge is -2.51. The second kappa shape index (κ2) is 19.9. The fraction of sp³-hybridized carbons (Fsp3) is 0.500. The van der Waals surface area contributed by atoms with Crippen LogP contribution in [0, 0.1) is 24.7 Å². The van der Waals surface area contributed by atoms with Crippen LogP contribution in [0.2, 0.25) is 0 Å². The molecule has 2 aliphatic carbocycles. The van der Waals surface area contributed by atoms with Crippen LogP contribution in [-0.4, -0.2) is 122 Å². The van der Waals surface area contributed by atoms with E-state index in [-0.39, 0.29) is 59.1 Å². The Bertz CT molecular complexity index is 2870. The molecule has 11 unspecified atom stereocenters. The Hall–Kier alpha value is -5.47. The van der Waals surface area contributed by atoms with Crippen molar-refractivity contribution >= 4 is 39.6 Å². The topological polar surface area (TPSA) is 257 Å². The van der Waals surface area contributed by atoms with E-state index in [1.54, 1.807) is 19.2 Å². The molecule has 0 radical (unpaired) electrons. The first kappa shape index (κ1) is 49.1. The van der Waals surface area contributed by atoms with E-state index in [2.05, 4.69) is 40.9 Å². The first-order valence-corrected chi connectivity index (χ1v) is 25.1. The molecule has 17 nitrogen and oxygen atoms in total. The third kappa shape index (κ3) is 9.21. The van der Waals surface area contributed by atoms with Crippen LogP contribution in [0.15, 0.2) is 92.4 Å². The smallest absolute Gasteiger partial charge is 0.222 e. The Balaban J connectivity index is 1.09. The summed E-state index contributed by atoms with van der Waals surface area (Å²) < 4.78 is 14.3. The van der Waals surface area contributed by atoms with Gasteiger partial charge in [0.25, 0.3) is 0 Å². The van der Waals surface area contributed by atoms with E-state index in [0.29, 0.717) is 76.0 Å². The predicted octanol–water partition coefficient (Wildman–Crippen LogP) is 3.12. The van der Waals surface area contributed by atoms with Gasteiger partial charge in [-0.2, -0.15) is 0 Å². The second-order valence-corrected chi connectivity index (χ2v) is 20.6. The molecular formula is C54H65N4O13+. The van der Waals surface area contributed by atoms with Crippen LogP contribution < -0.4 is 25.7 Å². The van der Waals surface area contributed by atoms with Crippen molar-refractivity contribution in [3.05, 3.63) is 105 Å². The summed E-state index contributed by atoms with van der Waals surface area (Å²) in [5.41, 5.74) is 0.0528. The number of rotatable bonds is 16. The molecule has 1 saturated carbocycles. The number of fused-ring (bicyclic) bond motifs is 4. The number of aromatic hydroxyl groups is 2. The number of aliphatic hydroxyl groups is 5. The molecule has 378 valence electrons. The number of phenols is 2. The number of aliphatic hydroxyl groups excluding tert-OH is 4. The highest BCUT2D eigenvalue weighted by molar-refractivity contribution is 5.92. The number of ether oxygens (including phenoxy) is 1. The van der Waals surface area contributed by atoms with Crippen molar-refractivity contribution in [2.75, 3.05) is 26.3 Å². The fourth-order valence-electron chi connectivity index (χ4n) is 12.2. The van der Waals surface area contributed by atoms with Gasteiger partial charge in [-0.05, 0) is 85.4 Å². The standard InChI is InChI=1S/C54H64N4O13/c1-3-42-38-15-16-55-41(38)26-58(42)48-50-32(18-40-44(62)17-29(2)69-51(40)48)19-46(54(70-50)23-30(33-20-47(64)57-24-33)9-11-34(54)25-56-35-7-5-4-6-8-35)71-68-28-53(67,52(66)49(65)45(63)27-59)22-31-10-14-43(61)37-13-12-36(60)21-39(31)37/h9-18,21,26,30,33-35,42,45-46,49,52,56,59-61,63,65-67H,3-8,19-20,22-25,27-28H2,1-2H3,(H,57,64)/p+1. The molecule has 2 fully saturated rings. The number of phenolic OH excluding ortho intramolecular Hbond substituents is 2. The largest absolute Gasteiger partial charge is 0.508 e. The summed E-state index contributed by atoms with van der Waals surface area (Å²) in [7, 11) is 0. The number of hydrogen-bond donors (Lipinski definition) is 10. The molecule has 0 bridgehead atoms. The molecule has 71 heavy (non-hydrogen) atoms. The van der Waals surface area contributed by atoms with Crippen molar-refractivity contribution < 1.29 is 64.4 Å². The highest BCUT2D eigenvalue weighted by Crippen LogP contribution is 2.51. The number of amides is 1. The van der Waals surface area contributed by atoms with E-state index in [4.69, 9.17) is 18.9 Å². The minimum Gasteiger partial charge on any atom is -0.508 e. The second-order valence-electron chi connectivity index (χ2n) is 20.6. The molecule has 6 aliphatic rings. The summed E-state index contributed by atoms with van der Waals surface area (Å²) in [5.74, 6) is 0.144. The Morgan fingerprint density at radius 1 is 1.01 bits per heavy atom. The Kier molecular flexibility index (Phi) is 13.7. The molecule has 1 aromatic heterocycles. The minimum absolute atomic E-state index is 0.0366. The summed E-state index contributed by atoms with van der Waals surface area (Å²) in [5, 5.41) is 84.9. The number of allylic oxidation sites excluding steroid dienone is 2. The summed E-state index contributed by atoms with van der Waals surface area (Å²) >= 11 is 0. The van der Waals surface area contributed by atoms with Crippen molar-refractivity contribution in [2.24, 2.45) is 22.7 Å². The van der Waals surface area contributed by atoms with Crippen LogP contribution >= 0.6 is 0 Å². The molecule has 17 heteroatoms. The molecule has 10 rings (SSSR count). The van der Waals surface area contributed by atoms with Gasteiger partial charge in [0.2, 0.25) is 17.2 Å². The SMILES string of the molecule is CCC1C2=CC=NC2=C[NH+]1c1c2c(cc3c(=O)cc(C)oc13)CC(OOCC(O)(Cc1ccc(O)c3ccc(O)cc13)C(O)C(O)C(O)CO)C1(CC(C3CNC(=O)C3)C=CC1CNC1CCCCC1)O2. The average Bonchev–Trinajstić information content (AvgIpc) is 4.10. The van der Waals surface area contributed by atoms with Gasteiger partial charge in [-0.15, -0.1) is 0 Å². The monoisotopic (exact) mass is 977 g/mol. The van der Waals surface area contributed by atoms with Crippen LogP contribution in [0.3, 0.4) is 0 Å². The minimum atomic E-state index is -2.43. The molecule has 11 atom stereocenters. The van der Waals surface area contributed by atoms with Gasteiger partial charge < -0.3 is 55.5 Å². The molecular weight excluding hydrogens is 913 g/mol. The number of quaternary nitrogens is 1. The number of carbonyl (C=O) groups is 1. The maximum atomic E-state index is 14.0. The molecule has 4 aromatic rings. The van der Waals surface area contributed by atoms with E-state index in [1.165, 1.54) is 42.8 Å². The first-order valence-electron chi connectivity index (χ1n) is 25.1. The molecule has 1 saturated heterocycles. The highest BCUT2D eigenvalue weighted by atomic mass is 17.2. The lowest BCUT2D eigenvalue weighted by atomic mass is 9.66. The van der Waals surface area contributed by atoms with Crippen LogP contribution in [0.1, 0.15) is 75.2 Å². The zero-order valence-corrected chi connectivity index (χ0v) is 40.1. The Morgan fingerprint density at radius 2 is 1.83 bits per heavy atom. The zero-order chi connectivity index (χ0) is 49.8. The fourth-order valence-corrected chi connectivity index (χ4v) is 12.2. The van der Waals surface area contributed by atoms with E-state index < -0.39 is 55.3 Å². The van der Waals surface area contributed by atoms with E-state index >= 15 is 0 Å². The first-order chi connectivity index (χ1) is 34.2. The van der Waals surface area contributed by atoms with Gasteiger partial charge in [-0.25, -0.2) is 9.78 Å². The third-order valence-electron chi connectivity index (χ3n) is 16.0. The van der Waals surface area contributed by atoms with Crippen molar-refractivity contribution in [3.8, 4) is 17.2 Å². The maximum absolute atomic E-state index is 14.0. The summed E-state index contributed by atoms with van der Waals surface area (Å²) in [6, 6.07) is 10.7. The van der Waals surface area contributed by atoms with Crippen molar-refractivity contribution in [1.29, 1.82) is 0 Å². The summed E-state index contributed by atoms with van der Waals surface area (Å²) in [6.45, 7) is 3.12. The van der Waals surface area contributed by atoms with Gasteiger partial charge >= 0.3 is 0 Å². The number of hydrogen-bond acceptors (Lipinski definition) is 15. The number of nitrogens with zero attached hydrogens (tertiary/aromatic N) is 1. The molecule has 3 aromatic carbocycles. The van der Waals surface area contributed by atoms with Crippen LogP contribution in [0.25, 0.3) is 21.7 Å². The van der Waals surface area contributed by atoms with Crippen LogP contribution in [0.5, 0.6) is 17.2 Å². The number of benzene rings is 3. The van der Waals surface area contributed by atoms with Gasteiger partial charge in [0.15, 0.2) is 11.2 Å². The van der Waals surface area contributed by atoms with E-state index in [9.17, 15) is 45.3 Å². The number of carbonyl (C=O) groups excluding carboxylic acids is 1. The third-order valence-corrected chi connectivity index (χ3v) is 16.0. The van der Waals surface area contributed by atoms with E-state index in [0.717, 1.165) is 48.3 Å². The molecule has 4 aliphatic heterocycles. The zero-order valence-electron chi connectivity index (χ0n) is 40.1. The number of aliphatic imine (C=N–C) groups is 1. The number of nitrogens with one attached hydrogen (secondary N) is 3. The van der Waals surface area contributed by atoms with Gasteiger partial charge in [0.1, 0.15) is 77.4 Å². The molecule has 1 amide bonds. The summed E-state index contributed by atoms with van der Waals surface area (Å²) in [6.07, 6.45) is 9.81. The van der Waals surface area contributed by atoms with Gasteiger partial charge in [0.05, 0.1) is 12.0 Å². The Morgan fingerprint density at radius 3 is 2.59 bits per heavy atom. The molecule has 10 N–H and O–H groups in total. The highest BCUT2D eigenvalue weighted by Gasteiger charge is 2.57. The Labute approximate surface area is 410 Å². The van der Waals surface area contributed by atoms with E-state index in [1.807, 2.05) is 6.08 Å². The van der Waals surface area contributed by atoms with Gasteiger partial charge in [-0.1, -0.05) is 44.4 Å². The van der Waals surface area contributed by atoms with Gasteiger partial charge in [0, 0.05) is 79.5 Å². The molecule has 1 spiro atoms. The maximum Gasteiger partial charge on any atom is 0.222 e. The quantitative estimate of drug-likeness (QED) is 0.0440. The van der Waals surface area contributed by atoms with Crippen molar-refractivity contribution in [2.45, 2.75) is 126 Å². The lowest BCUT2D eigenvalue weighted by Crippen LogP contribution is -3.05. The predicted molar refractivity (Wildman–Crippen MR) is 262 cm³/mol. The normalized spacial score (nSPS) is 28.3. The lowest BCUT2D eigenvalue weighted by molar-refractivity contribution is -0.793. The number of aryl methyl sites for hydroxylation is 1. The summed E-state index contributed by atoms with van der Waals surface area (Å²) in [4.78, 5) is 45.2. The average molecular weight is 978 g/mol. The van der Waals surface area contributed by atoms with Crippen LogP contribution in [0.4, 0.5) is 5.69 Å². The van der Waals surface area contributed by atoms with Crippen LogP contribution in [-0.2, 0) is 27.4 Å². The van der Waals surface area contributed by atoms with Gasteiger partial charge in [-0.3, -0.25) is 19.5 Å². The van der Waals surface area contributed by atoms with Crippen molar-refractivity contribution in [3.63, 3.8) is 0 Å².